The molecular weight excluding hydrogens is 124 g/mol. The van der Waals surface area contributed by atoms with Crippen LogP contribution in [0, 0.1) is 17.8 Å². The summed E-state index contributed by atoms with van der Waals surface area (Å²) in [6.07, 6.45) is 9.76. The van der Waals surface area contributed by atoms with Crippen LogP contribution in [0.3, 0.4) is 0 Å². The first-order valence-corrected chi connectivity index (χ1v) is 3.87. The molecule has 0 spiro atoms. The summed E-state index contributed by atoms with van der Waals surface area (Å²) in [5, 5.41) is 8.87. The van der Waals surface area contributed by atoms with Crippen molar-refractivity contribution in [3.8, 4) is 0 Å². The van der Waals surface area contributed by atoms with Crippen molar-refractivity contribution in [1.29, 1.82) is 0 Å². The quantitative estimate of drug-likeness (QED) is 0.577. The van der Waals surface area contributed by atoms with Crippen molar-refractivity contribution < 1.29 is 5.11 Å². The second-order valence-corrected chi connectivity index (χ2v) is 3.14. The topological polar surface area (TPSA) is 20.2 Å². The molecule has 2 aliphatic carbocycles. The molecule has 0 aromatic carbocycles. The number of aliphatic hydroxyl groups excluding tert-OH is 1. The van der Waals surface area contributed by atoms with Crippen molar-refractivity contribution in [1.82, 2.24) is 0 Å². The molecule has 3 unspecified atom stereocenters. The van der Waals surface area contributed by atoms with Crippen LogP contribution < -0.4 is 0 Å². The number of aliphatic hydroxyl groups is 1. The van der Waals surface area contributed by atoms with E-state index >= 15 is 0 Å². The first kappa shape index (κ1) is 6.17. The summed E-state index contributed by atoms with van der Waals surface area (Å²) >= 11 is 0. The number of rotatable bonds is 1. The summed E-state index contributed by atoms with van der Waals surface area (Å²) in [5.74, 6) is 2.00. The van der Waals surface area contributed by atoms with Crippen LogP contribution in [0.25, 0.3) is 0 Å². The molecule has 0 aromatic rings. The van der Waals surface area contributed by atoms with Gasteiger partial charge in [-0.1, -0.05) is 24.3 Å². The lowest BCUT2D eigenvalue weighted by molar-refractivity contribution is 0.266. The maximum Gasteiger partial charge on any atom is 0.0467 e. The highest BCUT2D eigenvalue weighted by Crippen LogP contribution is 2.50. The zero-order valence-electron chi connectivity index (χ0n) is 5.90. The molecular formula is C9H12O. The van der Waals surface area contributed by atoms with Gasteiger partial charge in [0.05, 0.1) is 0 Å². The van der Waals surface area contributed by atoms with Crippen molar-refractivity contribution in [2.75, 3.05) is 6.61 Å². The summed E-state index contributed by atoms with van der Waals surface area (Å²) in [6.45, 7) is 0.369. The van der Waals surface area contributed by atoms with E-state index in [2.05, 4.69) is 24.3 Å². The maximum absolute atomic E-state index is 8.87. The summed E-state index contributed by atoms with van der Waals surface area (Å²) in [6, 6.07) is 0. The van der Waals surface area contributed by atoms with E-state index in [1.807, 2.05) is 0 Å². The molecule has 2 rings (SSSR count). The molecule has 1 saturated carbocycles. The first-order chi connectivity index (χ1) is 4.93. The largest absolute Gasteiger partial charge is 0.396 e. The molecule has 2 aliphatic rings. The van der Waals surface area contributed by atoms with Gasteiger partial charge in [-0.3, -0.25) is 0 Å². The zero-order chi connectivity index (χ0) is 6.97. The SMILES string of the molecule is OCC1C2C=CC=CCC21. The normalized spacial score (nSPS) is 42.7. The van der Waals surface area contributed by atoms with Gasteiger partial charge < -0.3 is 5.11 Å². The van der Waals surface area contributed by atoms with E-state index in [9.17, 15) is 0 Å². The fraction of sp³-hybridized carbons (Fsp3) is 0.556. The Morgan fingerprint density at radius 2 is 2.30 bits per heavy atom. The molecule has 0 radical (unpaired) electrons. The van der Waals surface area contributed by atoms with Crippen molar-refractivity contribution >= 4 is 0 Å². The Kier molecular flexibility index (Phi) is 1.38. The Balaban J connectivity index is 2.04. The van der Waals surface area contributed by atoms with Gasteiger partial charge in [-0.2, -0.15) is 0 Å². The third kappa shape index (κ3) is 0.816. The van der Waals surface area contributed by atoms with Crippen LogP contribution in [-0.2, 0) is 0 Å². The van der Waals surface area contributed by atoms with Gasteiger partial charge in [-0.15, -0.1) is 0 Å². The van der Waals surface area contributed by atoms with Gasteiger partial charge in [0.2, 0.25) is 0 Å². The van der Waals surface area contributed by atoms with Gasteiger partial charge in [0.25, 0.3) is 0 Å². The van der Waals surface area contributed by atoms with Gasteiger partial charge in [0, 0.05) is 6.61 Å². The molecule has 0 aromatic heterocycles. The van der Waals surface area contributed by atoms with Gasteiger partial charge in [0.1, 0.15) is 0 Å². The van der Waals surface area contributed by atoms with E-state index in [4.69, 9.17) is 5.11 Å². The van der Waals surface area contributed by atoms with Gasteiger partial charge in [-0.25, -0.2) is 0 Å². The minimum absolute atomic E-state index is 0.369. The average Bonchev–Trinajstić information content (AvgIpc) is 2.59. The zero-order valence-corrected chi connectivity index (χ0v) is 5.90. The molecule has 0 bridgehead atoms. The Bertz CT molecular complexity index is 181. The summed E-state index contributed by atoms with van der Waals surface area (Å²) in [4.78, 5) is 0. The second kappa shape index (κ2) is 2.24. The van der Waals surface area contributed by atoms with E-state index in [-0.39, 0.29) is 0 Å². The van der Waals surface area contributed by atoms with Gasteiger partial charge in [-0.05, 0) is 24.2 Å². The van der Waals surface area contributed by atoms with Crippen LogP contribution in [0.1, 0.15) is 6.42 Å². The molecule has 0 amide bonds. The lowest BCUT2D eigenvalue weighted by Crippen LogP contribution is -1.88. The highest BCUT2D eigenvalue weighted by atomic mass is 16.3. The highest BCUT2D eigenvalue weighted by molar-refractivity contribution is 5.18. The van der Waals surface area contributed by atoms with E-state index in [0.29, 0.717) is 18.4 Å². The van der Waals surface area contributed by atoms with Gasteiger partial charge >= 0.3 is 0 Å². The minimum Gasteiger partial charge on any atom is -0.396 e. The third-order valence-electron chi connectivity index (χ3n) is 2.60. The van der Waals surface area contributed by atoms with Crippen LogP contribution in [0.2, 0.25) is 0 Å². The Hall–Kier alpha value is -0.560. The molecule has 1 nitrogen and oxygen atoms in total. The van der Waals surface area contributed by atoms with Crippen LogP contribution in [0.4, 0.5) is 0 Å². The third-order valence-corrected chi connectivity index (χ3v) is 2.60. The molecule has 0 saturated heterocycles. The second-order valence-electron chi connectivity index (χ2n) is 3.14. The summed E-state index contributed by atoms with van der Waals surface area (Å²) in [5.41, 5.74) is 0. The summed E-state index contributed by atoms with van der Waals surface area (Å²) < 4.78 is 0. The molecule has 10 heavy (non-hydrogen) atoms. The molecule has 0 heterocycles. The molecule has 54 valence electrons. The van der Waals surface area contributed by atoms with E-state index in [1.165, 1.54) is 0 Å². The maximum atomic E-state index is 8.87. The Morgan fingerprint density at radius 3 is 3.10 bits per heavy atom. The molecule has 1 N–H and O–H groups in total. The average molecular weight is 136 g/mol. The van der Waals surface area contributed by atoms with Crippen LogP contribution in [0.5, 0.6) is 0 Å². The molecule has 3 atom stereocenters. The predicted molar refractivity (Wildman–Crippen MR) is 40.5 cm³/mol. The smallest absolute Gasteiger partial charge is 0.0467 e. The van der Waals surface area contributed by atoms with Crippen LogP contribution >= 0.6 is 0 Å². The fourth-order valence-corrected chi connectivity index (χ4v) is 1.86. The predicted octanol–water partition coefficient (Wildman–Crippen LogP) is 1.36. The highest BCUT2D eigenvalue weighted by Gasteiger charge is 2.46. The number of fused-ring (bicyclic) bond motifs is 1. The summed E-state index contributed by atoms with van der Waals surface area (Å²) in [7, 11) is 0. The van der Waals surface area contributed by atoms with Crippen molar-refractivity contribution in [3.05, 3.63) is 24.3 Å². The van der Waals surface area contributed by atoms with Crippen LogP contribution in [-0.4, -0.2) is 11.7 Å². The Morgan fingerprint density at radius 1 is 1.40 bits per heavy atom. The van der Waals surface area contributed by atoms with E-state index in [1.54, 1.807) is 0 Å². The fourth-order valence-electron chi connectivity index (χ4n) is 1.86. The minimum atomic E-state index is 0.369. The standard InChI is InChI=1S/C9H12O/c10-6-9-7-4-2-1-3-5-8(7)9/h1-4,7-10H,5-6H2. The van der Waals surface area contributed by atoms with Crippen molar-refractivity contribution in [2.24, 2.45) is 17.8 Å². The first-order valence-electron chi connectivity index (χ1n) is 3.87. The molecule has 0 aliphatic heterocycles. The molecule has 1 fully saturated rings. The van der Waals surface area contributed by atoms with Gasteiger partial charge in [0.15, 0.2) is 0 Å². The number of hydrogen-bond acceptors (Lipinski definition) is 1. The number of hydrogen-bond donors (Lipinski definition) is 1. The monoisotopic (exact) mass is 136 g/mol. The molecule has 1 heteroatoms. The van der Waals surface area contributed by atoms with E-state index in [0.717, 1.165) is 12.3 Å². The van der Waals surface area contributed by atoms with Crippen LogP contribution in [0.15, 0.2) is 24.3 Å². The van der Waals surface area contributed by atoms with Crippen molar-refractivity contribution in [2.45, 2.75) is 6.42 Å². The lowest BCUT2D eigenvalue weighted by atomic mass is 10.2. The lowest BCUT2D eigenvalue weighted by Gasteiger charge is -1.87. The van der Waals surface area contributed by atoms with Crippen molar-refractivity contribution in [3.63, 3.8) is 0 Å². The Labute approximate surface area is 61.1 Å². The van der Waals surface area contributed by atoms with E-state index < -0.39 is 0 Å². The number of allylic oxidation sites excluding steroid dienone is 4.